The number of non-ortho nitro benzene ring substituents is 1. The summed E-state index contributed by atoms with van der Waals surface area (Å²) in [6, 6.07) is 11.6. The Hall–Kier alpha value is -3.59. The molecule has 0 spiro atoms. The number of nitrogens with zero attached hydrogens (tertiary/aromatic N) is 3. The van der Waals surface area contributed by atoms with Crippen molar-refractivity contribution < 1.29 is 18.8 Å². The lowest BCUT2D eigenvalue weighted by Crippen LogP contribution is -2.31. The highest BCUT2D eigenvalue weighted by Gasteiger charge is 2.42. The maximum absolute atomic E-state index is 14.0. The second-order valence-electron chi connectivity index (χ2n) is 6.97. The maximum Gasteiger partial charge on any atom is 0.273 e. The van der Waals surface area contributed by atoms with E-state index in [1.165, 1.54) is 24.3 Å². The molecule has 1 unspecified atom stereocenters. The molecule has 2 aromatic carbocycles. The van der Waals surface area contributed by atoms with Crippen molar-refractivity contribution in [2.75, 3.05) is 20.3 Å². The Labute approximate surface area is 171 Å². The fourth-order valence-corrected chi connectivity index (χ4v) is 3.82. The zero-order chi connectivity index (χ0) is 21.3. The summed E-state index contributed by atoms with van der Waals surface area (Å²) < 4.78 is 19.1. The molecule has 0 bridgehead atoms. The summed E-state index contributed by atoms with van der Waals surface area (Å²) in [5.41, 5.74) is 2.37. The van der Waals surface area contributed by atoms with Gasteiger partial charge in [0.2, 0.25) is 0 Å². The van der Waals surface area contributed by atoms with Gasteiger partial charge >= 0.3 is 0 Å². The third-order valence-electron chi connectivity index (χ3n) is 5.11. The fraction of sp³-hybridized carbons (Fsp3) is 0.238. The Balaban J connectivity index is 1.84. The lowest BCUT2D eigenvalue weighted by atomic mass is 9.96. The van der Waals surface area contributed by atoms with Crippen molar-refractivity contribution in [2.45, 2.75) is 12.5 Å². The molecular weight excluding hydrogens is 391 g/mol. The first-order valence-electron chi connectivity index (χ1n) is 9.39. The SMILES string of the molecule is COCCCN1C(=O)c2[nH]nc(-c3cccc([N+](=O)[O-])c3)c2C1c1cccc(F)c1. The summed E-state index contributed by atoms with van der Waals surface area (Å²) >= 11 is 0. The molecule has 0 saturated carbocycles. The number of ether oxygens (including phenoxy) is 1. The first-order valence-corrected chi connectivity index (χ1v) is 9.39. The van der Waals surface area contributed by atoms with Crippen molar-refractivity contribution in [3.8, 4) is 11.3 Å². The summed E-state index contributed by atoms with van der Waals surface area (Å²) in [7, 11) is 1.59. The van der Waals surface area contributed by atoms with Crippen LogP contribution in [-0.2, 0) is 4.74 Å². The topological polar surface area (TPSA) is 101 Å². The largest absolute Gasteiger partial charge is 0.385 e. The van der Waals surface area contributed by atoms with Crippen LogP contribution in [0.4, 0.5) is 10.1 Å². The first kappa shape index (κ1) is 19.7. The molecule has 1 aliphatic heterocycles. The van der Waals surface area contributed by atoms with Crippen molar-refractivity contribution >= 4 is 11.6 Å². The Morgan fingerprint density at radius 1 is 1.27 bits per heavy atom. The zero-order valence-electron chi connectivity index (χ0n) is 16.2. The summed E-state index contributed by atoms with van der Waals surface area (Å²) in [5.74, 6) is -0.662. The molecular formula is C21H19FN4O4. The van der Waals surface area contributed by atoms with Crippen LogP contribution in [0.15, 0.2) is 48.5 Å². The number of nitro benzene ring substituents is 1. The molecule has 0 radical (unpaired) electrons. The maximum atomic E-state index is 14.0. The molecule has 0 fully saturated rings. The van der Waals surface area contributed by atoms with Crippen LogP contribution in [0.2, 0.25) is 0 Å². The van der Waals surface area contributed by atoms with E-state index >= 15 is 0 Å². The molecule has 0 aliphatic carbocycles. The van der Waals surface area contributed by atoms with E-state index < -0.39 is 16.8 Å². The van der Waals surface area contributed by atoms with Crippen LogP contribution in [0.3, 0.4) is 0 Å². The Morgan fingerprint density at radius 2 is 2.07 bits per heavy atom. The molecule has 1 amide bonds. The van der Waals surface area contributed by atoms with Gasteiger partial charge in [0.25, 0.3) is 11.6 Å². The molecule has 0 saturated heterocycles. The van der Waals surface area contributed by atoms with E-state index in [0.29, 0.717) is 47.7 Å². The van der Waals surface area contributed by atoms with Crippen molar-refractivity contribution in [3.05, 3.63) is 81.3 Å². The molecule has 4 rings (SSSR count). The van der Waals surface area contributed by atoms with E-state index in [-0.39, 0.29) is 11.6 Å². The van der Waals surface area contributed by atoms with Crippen LogP contribution >= 0.6 is 0 Å². The summed E-state index contributed by atoms with van der Waals surface area (Å²) in [5, 5.41) is 18.2. The molecule has 3 aromatic rings. The Kier molecular flexibility index (Phi) is 5.28. The van der Waals surface area contributed by atoms with Crippen LogP contribution in [0.5, 0.6) is 0 Å². The lowest BCUT2D eigenvalue weighted by molar-refractivity contribution is -0.384. The quantitative estimate of drug-likeness (QED) is 0.364. The van der Waals surface area contributed by atoms with Gasteiger partial charge in [-0.15, -0.1) is 0 Å². The van der Waals surface area contributed by atoms with E-state index in [2.05, 4.69) is 10.2 Å². The number of carbonyl (C=O) groups excluding carboxylic acids is 1. The van der Waals surface area contributed by atoms with Crippen molar-refractivity contribution in [3.63, 3.8) is 0 Å². The number of hydrogen-bond donors (Lipinski definition) is 1. The second-order valence-corrected chi connectivity index (χ2v) is 6.97. The number of hydrogen-bond acceptors (Lipinski definition) is 5. The van der Waals surface area contributed by atoms with Crippen LogP contribution in [0.25, 0.3) is 11.3 Å². The fourth-order valence-electron chi connectivity index (χ4n) is 3.82. The third-order valence-corrected chi connectivity index (χ3v) is 5.11. The van der Waals surface area contributed by atoms with Crippen molar-refractivity contribution in [1.82, 2.24) is 15.1 Å². The number of nitro groups is 1. The molecule has 9 heteroatoms. The Morgan fingerprint density at radius 3 is 2.80 bits per heavy atom. The average molecular weight is 410 g/mol. The van der Waals surface area contributed by atoms with Crippen LogP contribution in [0.1, 0.15) is 34.1 Å². The van der Waals surface area contributed by atoms with E-state index in [1.807, 2.05) is 0 Å². The first-order chi connectivity index (χ1) is 14.5. The number of aromatic nitrogens is 2. The average Bonchev–Trinajstić information content (AvgIpc) is 3.28. The van der Waals surface area contributed by atoms with Crippen molar-refractivity contribution in [1.29, 1.82) is 0 Å². The van der Waals surface area contributed by atoms with Gasteiger partial charge < -0.3 is 9.64 Å². The molecule has 30 heavy (non-hydrogen) atoms. The summed E-state index contributed by atoms with van der Waals surface area (Å²) in [6.45, 7) is 0.883. The van der Waals surface area contributed by atoms with E-state index in [9.17, 15) is 19.3 Å². The molecule has 2 heterocycles. The van der Waals surface area contributed by atoms with Gasteiger partial charge in [-0.25, -0.2) is 4.39 Å². The highest BCUT2D eigenvalue weighted by Crippen LogP contribution is 2.43. The monoisotopic (exact) mass is 410 g/mol. The van der Waals surface area contributed by atoms with Gasteiger partial charge in [0.1, 0.15) is 11.5 Å². The lowest BCUT2D eigenvalue weighted by Gasteiger charge is -2.26. The normalized spacial score (nSPS) is 15.5. The minimum Gasteiger partial charge on any atom is -0.385 e. The van der Waals surface area contributed by atoms with Gasteiger partial charge in [-0.2, -0.15) is 5.10 Å². The number of aromatic amines is 1. The van der Waals surface area contributed by atoms with Crippen LogP contribution in [0, 0.1) is 15.9 Å². The van der Waals surface area contributed by atoms with Gasteiger partial charge in [-0.3, -0.25) is 20.0 Å². The molecule has 1 aromatic heterocycles. The van der Waals surface area contributed by atoms with Crippen molar-refractivity contribution in [2.24, 2.45) is 0 Å². The number of carbonyl (C=O) groups is 1. The number of H-pyrrole nitrogens is 1. The van der Waals surface area contributed by atoms with Gasteiger partial charge in [0.15, 0.2) is 0 Å². The number of amides is 1. The van der Waals surface area contributed by atoms with E-state index in [0.717, 1.165) is 0 Å². The number of nitrogens with one attached hydrogen (secondary N) is 1. The standard InChI is InChI=1S/C21H19FN4O4/c1-30-10-4-9-25-20(14-6-2-7-15(22)11-14)17-18(23-24-19(17)21(25)27)13-5-3-8-16(12-13)26(28)29/h2-3,5-8,11-12,20H,4,9-10H2,1H3,(H,23,24). The highest BCUT2D eigenvalue weighted by atomic mass is 19.1. The van der Waals surface area contributed by atoms with Crippen LogP contribution in [-0.4, -0.2) is 46.2 Å². The summed E-state index contributed by atoms with van der Waals surface area (Å²) in [4.78, 5) is 25.5. The van der Waals surface area contributed by atoms with E-state index in [4.69, 9.17) is 4.74 Å². The Bertz CT molecular complexity index is 1110. The number of benzene rings is 2. The second kappa shape index (κ2) is 8.03. The third kappa shape index (κ3) is 3.43. The molecule has 1 N–H and O–H groups in total. The van der Waals surface area contributed by atoms with Crippen LogP contribution < -0.4 is 0 Å². The smallest absolute Gasteiger partial charge is 0.273 e. The number of rotatable bonds is 7. The van der Waals surface area contributed by atoms with Gasteiger partial charge in [-0.05, 0) is 24.1 Å². The highest BCUT2D eigenvalue weighted by molar-refractivity contribution is 6.00. The zero-order valence-corrected chi connectivity index (χ0v) is 16.2. The number of halogens is 1. The van der Waals surface area contributed by atoms with E-state index in [1.54, 1.807) is 36.3 Å². The summed E-state index contributed by atoms with van der Waals surface area (Å²) in [6.07, 6.45) is 0.609. The number of methoxy groups -OCH3 is 1. The molecule has 154 valence electrons. The van der Waals surface area contributed by atoms with Gasteiger partial charge in [0.05, 0.1) is 16.7 Å². The minimum absolute atomic E-state index is 0.0761. The number of fused-ring (bicyclic) bond motifs is 1. The molecule has 1 atom stereocenters. The predicted octanol–water partition coefficient (Wildman–Crippen LogP) is 3.71. The van der Waals surface area contributed by atoms with Gasteiger partial charge in [0, 0.05) is 43.5 Å². The predicted molar refractivity (Wildman–Crippen MR) is 106 cm³/mol. The molecule has 8 nitrogen and oxygen atoms in total. The molecule has 1 aliphatic rings. The van der Waals surface area contributed by atoms with Gasteiger partial charge in [-0.1, -0.05) is 24.3 Å². The minimum atomic E-state index is -0.562.